The lowest BCUT2D eigenvalue weighted by atomic mass is 10.2. The van der Waals surface area contributed by atoms with Crippen LogP contribution in [0.2, 0.25) is 0 Å². The summed E-state index contributed by atoms with van der Waals surface area (Å²) >= 11 is 0. The summed E-state index contributed by atoms with van der Waals surface area (Å²) in [5, 5.41) is 17.8. The van der Waals surface area contributed by atoms with E-state index >= 15 is 0 Å². The Labute approximate surface area is 161 Å². The second-order valence-corrected chi connectivity index (χ2v) is 6.17. The molecule has 146 valence electrons. The maximum Gasteiger partial charge on any atom is 0.291 e. The molecule has 1 aromatic carbocycles. The molecule has 3 aromatic rings. The van der Waals surface area contributed by atoms with E-state index in [2.05, 4.69) is 10.4 Å². The molecule has 1 amide bonds. The number of amides is 1. The monoisotopic (exact) mass is 384 g/mol. The van der Waals surface area contributed by atoms with Gasteiger partial charge in [0.05, 0.1) is 22.5 Å². The number of aryl methyl sites for hydroxylation is 2. The molecule has 28 heavy (non-hydrogen) atoms. The van der Waals surface area contributed by atoms with E-state index in [1.807, 2.05) is 13.8 Å². The lowest BCUT2D eigenvalue weighted by Crippen LogP contribution is -2.11. The third kappa shape index (κ3) is 4.03. The Kier molecular flexibility index (Phi) is 5.44. The molecule has 0 fully saturated rings. The summed E-state index contributed by atoms with van der Waals surface area (Å²) in [5.74, 6) is 0.716. The molecule has 0 saturated carbocycles. The highest BCUT2D eigenvalue weighted by Gasteiger charge is 2.15. The van der Waals surface area contributed by atoms with Crippen molar-refractivity contribution in [2.45, 2.75) is 33.9 Å². The van der Waals surface area contributed by atoms with Crippen LogP contribution in [0.5, 0.6) is 5.75 Å². The highest BCUT2D eigenvalue weighted by Crippen LogP contribution is 2.24. The molecular formula is C19H20N4O5. The van der Waals surface area contributed by atoms with Gasteiger partial charge in [0.2, 0.25) is 0 Å². The van der Waals surface area contributed by atoms with E-state index in [0.29, 0.717) is 29.3 Å². The van der Waals surface area contributed by atoms with Crippen LogP contribution < -0.4 is 10.1 Å². The Balaban J connectivity index is 1.62. The number of rotatable bonds is 7. The molecule has 0 bridgehead atoms. The van der Waals surface area contributed by atoms with E-state index < -0.39 is 4.92 Å². The zero-order valence-electron chi connectivity index (χ0n) is 15.8. The number of nitro benzene ring substituents is 1. The summed E-state index contributed by atoms with van der Waals surface area (Å²) in [4.78, 5) is 22.8. The smallest absolute Gasteiger partial charge is 0.291 e. The number of aromatic nitrogens is 2. The predicted molar refractivity (Wildman–Crippen MR) is 101 cm³/mol. The number of ether oxygens (including phenoxy) is 1. The Morgan fingerprint density at radius 3 is 2.75 bits per heavy atom. The number of nitrogens with one attached hydrogen (secondary N) is 1. The van der Waals surface area contributed by atoms with Crippen LogP contribution in [-0.2, 0) is 13.2 Å². The number of nitrogens with zero attached hydrogens (tertiary/aromatic N) is 3. The molecule has 0 radical (unpaired) electrons. The first-order chi connectivity index (χ1) is 13.4. The van der Waals surface area contributed by atoms with E-state index in [1.54, 1.807) is 36.0 Å². The van der Waals surface area contributed by atoms with Crippen LogP contribution in [0.1, 0.15) is 34.5 Å². The van der Waals surface area contributed by atoms with Gasteiger partial charge in [-0.05, 0) is 45.0 Å². The molecular weight excluding hydrogens is 364 g/mol. The summed E-state index contributed by atoms with van der Waals surface area (Å²) < 4.78 is 12.9. The molecule has 0 unspecified atom stereocenters. The topological polar surface area (TPSA) is 112 Å². The second kappa shape index (κ2) is 7.95. The molecule has 0 saturated heterocycles. The standard InChI is InChI=1S/C19H20N4O5/c1-4-22-13(3)16(10-20-22)21-19(24)18-8-6-15(28-18)11-27-14-5-7-17(23(25)26)12(2)9-14/h5-10H,4,11H2,1-3H3,(H,21,24). The Hall–Kier alpha value is -3.62. The normalized spacial score (nSPS) is 10.7. The van der Waals surface area contributed by atoms with E-state index in [-0.39, 0.29) is 24.0 Å². The number of carbonyl (C=O) groups excluding carboxylic acids is 1. The van der Waals surface area contributed by atoms with Gasteiger partial charge in [-0.25, -0.2) is 0 Å². The third-order valence-electron chi connectivity index (χ3n) is 4.28. The minimum Gasteiger partial charge on any atom is -0.486 e. The Morgan fingerprint density at radius 1 is 1.32 bits per heavy atom. The van der Waals surface area contributed by atoms with E-state index in [9.17, 15) is 14.9 Å². The van der Waals surface area contributed by atoms with Crippen molar-refractivity contribution in [2.24, 2.45) is 0 Å². The van der Waals surface area contributed by atoms with Crippen LogP contribution in [0.25, 0.3) is 0 Å². The van der Waals surface area contributed by atoms with E-state index in [0.717, 1.165) is 5.69 Å². The van der Waals surface area contributed by atoms with Crippen LogP contribution in [-0.4, -0.2) is 20.6 Å². The molecule has 0 spiro atoms. The molecule has 9 heteroatoms. The highest BCUT2D eigenvalue weighted by atomic mass is 16.6. The summed E-state index contributed by atoms with van der Waals surface area (Å²) in [6, 6.07) is 7.72. The summed E-state index contributed by atoms with van der Waals surface area (Å²) in [6.45, 7) is 6.29. The number of carbonyl (C=O) groups is 1. The average molecular weight is 384 g/mol. The van der Waals surface area contributed by atoms with Crippen LogP contribution in [0.15, 0.2) is 40.9 Å². The van der Waals surface area contributed by atoms with Crippen LogP contribution in [0.4, 0.5) is 11.4 Å². The number of hydrogen-bond donors (Lipinski definition) is 1. The van der Waals surface area contributed by atoms with Gasteiger partial charge in [0, 0.05) is 18.2 Å². The van der Waals surface area contributed by atoms with Gasteiger partial charge in [-0.2, -0.15) is 5.10 Å². The molecule has 0 aliphatic carbocycles. The Morgan fingerprint density at radius 2 is 2.11 bits per heavy atom. The van der Waals surface area contributed by atoms with Crippen molar-refractivity contribution in [1.82, 2.24) is 9.78 Å². The minimum atomic E-state index is -0.442. The fraction of sp³-hybridized carbons (Fsp3) is 0.263. The van der Waals surface area contributed by atoms with Crippen LogP contribution in [0, 0.1) is 24.0 Å². The van der Waals surface area contributed by atoms with Gasteiger partial charge in [0.15, 0.2) is 5.76 Å². The number of hydrogen-bond acceptors (Lipinski definition) is 6. The summed E-state index contributed by atoms with van der Waals surface area (Å²) in [6.07, 6.45) is 1.60. The van der Waals surface area contributed by atoms with Crippen LogP contribution in [0.3, 0.4) is 0 Å². The lowest BCUT2D eigenvalue weighted by molar-refractivity contribution is -0.385. The van der Waals surface area contributed by atoms with Gasteiger partial charge < -0.3 is 14.5 Å². The van der Waals surface area contributed by atoms with Crippen molar-refractivity contribution < 1.29 is 18.9 Å². The largest absolute Gasteiger partial charge is 0.486 e. The molecule has 1 N–H and O–H groups in total. The fourth-order valence-electron chi connectivity index (χ4n) is 2.73. The Bertz CT molecular complexity index is 1020. The molecule has 9 nitrogen and oxygen atoms in total. The van der Waals surface area contributed by atoms with Crippen molar-refractivity contribution in [2.75, 3.05) is 5.32 Å². The van der Waals surface area contributed by atoms with Crippen LogP contribution >= 0.6 is 0 Å². The minimum absolute atomic E-state index is 0.0333. The van der Waals surface area contributed by atoms with E-state index in [1.165, 1.54) is 12.1 Å². The van der Waals surface area contributed by atoms with E-state index in [4.69, 9.17) is 9.15 Å². The maximum atomic E-state index is 12.4. The molecule has 2 heterocycles. The van der Waals surface area contributed by atoms with Gasteiger partial charge >= 0.3 is 0 Å². The van der Waals surface area contributed by atoms with Crippen molar-refractivity contribution >= 4 is 17.3 Å². The molecule has 0 aliphatic heterocycles. The summed E-state index contributed by atoms with van der Waals surface area (Å²) in [5.41, 5.74) is 2.03. The zero-order chi connectivity index (χ0) is 20.3. The maximum absolute atomic E-state index is 12.4. The SMILES string of the molecule is CCn1ncc(NC(=O)c2ccc(COc3ccc([N+](=O)[O-])c(C)c3)o2)c1C. The molecule has 0 aliphatic rings. The fourth-order valence-corrected chi connectivity index (χ4v) is 2.73. The summed E-state index contributed by atoms with van der Waals surface area (Å²) in [7, 11) is 0. The van der Waals surface area contributed by atoms with Gasteiger partial charge in [0.1, 0.15) is 18.1 Å². The van der Waals surface area contributed by atoms with Crippen molar-refractivity contribution in [3.05, 3.63) is 69.4 Å². The molecule has 2 aromatic heterocycles. The van der Waals surface area contributed by atoms with Gasteiger partial charge in [0.25, 0.3) is 11.6 Å². The second-order valence-electron chi connectivity index (χ2n) is 6.17. The molecule has 0 atom stereocenters. The van der Waals surface area contributed by atoms with Gasteiger partial charge in [-0.1, -0.05) is 0 Å². The number of anilines is 1. The highest BCUT2D eigenvalue weighted by molar-refractivity contribution is 6.02. The lowest BCUT2D eigenvalue weighted by Gasteiger charge is -2.06. The van der Waals surface area contributed by atoms with Crippen molar-refractivity contribution in [1.29, 1.82) is 0 Å². The van der Waals surface area contributed by atoms with Crippen molar-refractivity contribution in [3.63, 3.8) is 0 Å². The van der Waals surface area contributed by atoms with Gasteiger partial charge in [-0.15, -0.1) is 0 Å². The zero-order valence-corrected chi connectivity index (χ0v) is 15.8. The average Bonchev–Trinajstić information content (AvgIpc) is 3.27. The van der Waals surface area contributed by atoms with Crippen molar-refractivity contribution in [3.8, 4) is 5.75 Å². The number of nitro groups is 1. The number of benzene rings is 1. The quantitative estimate of drug-likeness (QED) is 0.489. The first-order valence-corrected chi connectivity index (χ1v) is 8.69. The molecule has 3 rings (SSSR count). The third-order valence-corrected chi connectivity index (χ3v) is 4.28. The van der Waals surface area contributed by atoms with Gasteiger partial charge in [-0.3, -0.25) is 19.6 Å². The first-order valence-electron chi connectivity index (χ1n) is 8.69. The predicted octanol–water partition coefficient (Wildman–Crippen LogP) is 3.85. The first kappa shape index (κ1) is 19.2. The number of furan rings is 1.